The molecule has 2 aromatic carbocycles. The fourth-order valence-corrected chi connectivity index (χ4v) is 3.28. The zero-order chi connectivity index (χ0) is 20.9. The third kappa shape index (κ3) is 4.16. The minimum Gasteiger partial charge on any atom is -0.420 e. The van der Waals surface area contributed by atoms with Crippen LogP contribution in [0.25, 0.3) is 11.1 Å². The minimum atomic E-state index is -0.421. The number of nitriles is 1. The summed E-state index contributed by atoms with van der Waals surface area (Å²) in [6, 6.07) is 14.8. The third-order valence-corrected chi connectivity index (χ3v) is 4.94. The molecule has 4 aromatic rings. The normalized spacial score (nSPS) is 12.0. The Balaban J connectivity index is 1.30. The van der Waals surface area contributed by atoms with Gasteiger partial charge in [-0.3, -0.25) is 0 Å². The Labute approximate surface area is 173 Å². The molecule has 0 saturated heterocycles. The Morgan fingerprint density at radius 1 is 1.20 bits per heavy atom. The minimum absolute atomic E-state index is 0.102. The van der Waals surface area contributed by atoms with Gasteiger partial charge in [0.1, 0.15) is 5.52 Å². The topological polar surface area (TPSA) is 91.7 Å². The second kappa shape index (κ2) is 8.76. The average molecular weight is 404 g/mol. The summed E-state index contributed by atoms with van der Waals surface area (Å²) < 4.78 is 21.2. The molecule has 0 spiro atoms. The summed E-state index contributed by atoms with van der Waals surface area (Å²) in [7, 11) is 0. The molecule has 152 valence electrons. The molecule has 1 unspecified atom stereocenters. The van der Waals surface area contributed by atoms with Gasteiger partial charge in [0.15, 0.2) is 11.4 Å². The van der Waals surface area contributed by atoms with E-state index in [2.05, 4.69) is 38.2 Å². The number of hydrogen-bond donors (Lipinski definition) is 2. The van der Waals surface area contributed by atoms with Crippen molar-refractivity contribution < 1.29 is 8.81 Å². The number of nitrogens with zero attached hydrogens (tertiary/aromatic N) is 4. The number of para-hydroxylation sites is 1. The largest absolute Gasteiger partial charge is 0.420 e. The van der Waals surface area contributed by atoms with Gasteiger partial charge in [-0.25, -0.2) is 9.37 Å². The number of imidazole rings is 1. The first-order chi connectivity index (χ1) is 14.7. The van der Waals surface area contributed by atoms with E-state index >= 15 is 0 Å². The van der Waals surface area contributed by atoms with Crippen LogP contribution in [0.2, 0.25) is 0 Å². The Hall–Kier alpha value is -3.70. The van der Waals surface area contributed by atoms with Gasteiger partial charge in [-0.15, -0.1) is 0 Å². The first-order valence-electron chi connectivity index (χ1n) is 9.66. The molecule has 4 rings (SSSR count). The molecule has 0 bridgehead atoms. The molecule has 30 heavy (non-hydrogen) atoms. The Kier molecular flexibility index (Phi) is 5.72. The third-order valence-electron chi connectivity index (χ3n) is 4.94. The summed E-state index contributed by atoms with van der Waals surface area (Å²) in [5.74, 6) is -0.421. The van der Waals surface area contributed by atoms with Gasteiger partial charge in [0.25, 0.3) is 6.01 Å². The van der Waals surface area contributed by atoms with Crippen LogP contribution < -0.4 is 10.6 Å². The summed E-state index contributed by atoms with van der Waals surface area (Å²) in [6.45, 7) is 3.98. The monoisotopic (exact) mass is 404 g/mol. The lowest BCUT2D eigenvalue weighted by Gasteiger charge is -2.17. The molecule has 0 radical (unpaired) electrons. The van der Waals surface area contributed by atoms with Gasteiger partial charge in [0.2, 0.25) is 0 Å². The van der Waals surface area contributed by atoms with Crippen molar-refractivity contribution in [1.82, 2.24) is 19.9 Å². The molecule has 7 nitrogen and oxygen atoms in total. The summed E-state index contributed by atoms with van der Waals surface area (Å²) >= 11 is 0. The predicted octanol–water partition coefficient (Wildman–Crippen LogP) is 3.85. The van der Waals surface area contributed by atoms with Crippen LogP contribution >= 0.6 is 0 Å². The van der Waals surface area contributed by atoms with Crippen LogP contribution in [-0.2, 0) is 6.54 Å². The van der Waals surface area contributed by atoms with Crippen molar-refractivity contribution in [3.8, 4) is 6.07 Å². The van der Waals surface area contributed by atoms with Crippen LogP contribution in [0.15, 0.2) is 59.4 Å². The highest BCUT2D eigenvalue weighted by atomic mass is 19.1. The van der Waals surface area contributed by atoms with Crippen LogP contribution in [0, 0.1) is 17.1 Å². The molecule has 8 heteroatoms. The molecular weight excluding hydrogens is 383 g/mol. The van der Waals surface area contributed by atoms with E-state index in [0.29, 0.717) is 36.7 Å². The average Bonchev–Trinajstić information content (AvgIpc) is 3.40. The van der Waals surface area contributed by atoms with Crippen molar-refractivity contribution in [3.05, 3.63) is 77.6 Å². The quantitative estimate of drug-likeness (QED) is 0.434. The standard InChI is InChI=1S/C22H21FN6O/c1-15(17-7-5-16(11-24)6-8-17)29-14-26-13-18(29)12-25-9-10-27-22-28-20-4-2-3-19(23)21(20)30-22/h2-8,13-15,25H,9-10,12H2,1H3,(H,27,28). The number of hydrogen-bond acceptors (Lipinski definition) is 6. The number of nitrogens with one attached hydrogen (secondary N) is 2. The van der Waals surface area contributed by atoms with Gasteiger partial charge in [-0.2, -0.15) is 10.2 Å². The molecule has 0 amide bonds. The van der Waals surface area contributed by atoms with Crippen LogP contribution in [0.3, 0.4) is 0 Å². The van der Waals surface area contributed by atoms with Gasteiger partial charge in [-0.05, 0) is 36.8 Å². The fourth-order valence-electron chi connectivity index (χ4n) is 3.28. The van der Waals surface area contributed by atoms with Crippen molar-refractivity contribution in [1.29, 1.82) is 5.26 Å². The molecular formula is C22H21FN6O. The smallest absolute Gasteiger partial charge is 0.295 e. The van der Waals surface area contributed by atoms with Crippen LogP contribution in [-0.4, -0.2) is 27.6 Å². The summed E-state index contributed by atoms with van der Waals surface area (Å²) in [6.07, 6.45) is 3.65. The number of benzene rings is 2. The lowest BCUT2D eigenvalue weighted by Crippen LogP contribution is -2.23. The van der Waals surface area contributed by atoms with E-state index in [-0.39, 0.29) is 11.6 Å². The number of oxazole rings is 1. The number of halogens is 1. The molecule has 0 aliphatic rings. The highest BCUT2D eigenvalue weighted by molar-refractivity contribution is 5.74. The molecule has 2 heterocycles. The van der Waals surface area contributed by atoms with Crippen LogP contribution in [0.1, 0.15) is 29.8 Å². The number of rotatable bonds is 8. The van der Waals surface area contributed by atoms with Crippen LogP contribution in [0.5, 0.6) is 0 Å². The Morgan fingerprint density at radius 2 is 2.03 bits per heavy atom. The van der Waals surface area contributed by atoms with Gasteiger partial charge >= 0.3 is 0 Å². The maximum absolute atomic E-state index is 13.7. The Morgan fingerprint density at radius 3 is 2.80 bits per heavy atom. The first-order valence-corrected chi connectivity index (χ1v) is 9.66. The van der Waals surface area contributed by atoms with Crippen molar-refractivity contribution in [2.24, 2.45) is 0 Å². The molecule has 0 aliphatic carbocycles. The zero-order valence-corrected chi connectivity index (χ0v) is 16.5. The molecule has 2 N–H and O–H groups in total. The highest BCUT2D eigenvalue weighted by Gasteiger charge is 2.12. The first kappa shape index (κ1) is 19.6. The van der Waals surface area contributed by atoms with Crippen molar-refractivity contribution in [3.63, 3.8) is 0 Å². The molecule has 1 atom stereocenters. The van der Waals surface area contributed by atoms with Crippen molar-refractivity contribution in [2.45, 2.75) is 19.5 Å². The van der Waals surface area contributed by atoms with Crippen LogP contribution in [0.4, 0.5) is 10.4 Å². The highest BCUT2D eigenvalue weighted by Crippen LogP contribution is 2.21. The van der Waals surface area contributed by atoms with Crippen molar-refractivity contribution in [2.75, 3.05) is 18.4 Å². The van der Waals surface area contributed by atoms with E-state index < -0.39 is 5.82 Å². The lowest BCUT2D eigenvalue weighted by atomic mass is 10.1. The SMILES string of the molecule is CC(c1ccc(C#N)cc1)n1cncc1CNCCNc1nc2cccc(F)c2o1. The van der Waals surface area contributed by atoms with E-state index in [9.17, 15) is 4.39 Å². The summed E-state index contributed by atoms with van der Waals surface area (Å²) in [5.41, 5.74) is 3.46. The van der Waals surface area contributed by atoms with E-state index in [4.69, 9.17) is 9.68 Å². The fraction of sp³-hybridized carbons (Fsp3) is 0.227. The zero-order valence-electron chi connectivity index (χ0n) is 16.5. The van der Waals surface area contributed by atoms with E-state index in [1.54, 1.807) is 12.1 Å². The molecule has 2 aromatic heterocycles. The Bertz CT molecular complexity index is 1170. The van der Waals surface area contributed by atoms with Gasteiger partial charge in [-0.1, -0.05) is 18.2 Å². The molecule has 0 saturated carbocycles. The van der Waals surface area contributed by atoms with Crippen molar-refractivity contribution >= 4 is 17.1 Å². The lowest BCUT2D eigenvalue weighted by molar-refractivity contribution is 0.558. The number of aromatic nitrogens is 3. The molecule has 0 aliphatic heterocycles. The molecule has 0 fully saturated rings. The maximum Gasteiger partial charge on any atom is 0.295 e. The van der Waals surface area contributed by atoms with Gasteiger partial charge in [0, 0.05) is 25.8 Å². The van der Waals surface area contributed by atoms with E-state index in [1.807, 2.05) is 36.8 Å². The summed E-state index contributed by atoms with van der Waals surface area (Å²) in [4.78, 5) is 8.50. The summed E-state index contributed by atoms with van der Waals surface area (Å²) in [5, 5.41) is 15.4. The predicted molar refractivity (Wildman–Crippen MR) is 111 cm³/mol. The maximum atomic E-state index is 13.7. The van der Waals surface area contributed by atoms with Gasteiger partial charge < -0.3 is 19.6 Å². The van der Waals surface area contributed by atoms with Gasteiger partial charge in [0.05, 0.1) is 29.7 Å². The second-order valence-electron chi connectivity index (χ2n) is 6.91. The number of anilines is 1. The van der Waals surface area contributed by atoms with E-state index in [1.165, 1.54) is 6.07 Å². The second-order valence-corrected chi connectivity index (χ2v) is 6.91. The number of fused-ring (bicyclic) bond motifs is 1. The van der Waals surface area contributed by atoms with E-state index in [0.717, 1.165) is 11.3 Å².